The van der Waals surface area contributed by atoms with E-state index >= 15 is 0 Å². The second kappa shape index (κ2) is 9.53. The molecule has 0 bridgehead atoms. The molecule has 0 aliphatic rings. The zero-order valence-corrected chi connectivity index (χ0v) is 18.2. The Kier molecular flexibility index (Phi) is 6.96. The van der Waals surface area contributed by atoms with Gasteiger partial charge in [0.1, 0.15) is 0 Å². The first kappa shape index (κ1) is 24.1. The quantitative estimate of drug-likeness (QED) is 0.426. The number of carbonyl (C=O) groups is 3. The number of fused-ring (bicyclic) bond motifs is 1. The average Bonchev–Trinajstić information content (AvgIpc) is 3.08. The minimum Gasteiger partial charge on any atom is -0.366 e. The van der Waals surface area contributed by atoms with Gasteiger partial charge in [0.25, 0.3) is 0 Å². The van der Waals surface area contributed by atoms with Crippen LogP contribution in [0.4, 0.5) is 18.9 Å². The van der Waals surface area contributed by atoms with Crippen LogP contribution in [0.5, 0.6) is 0 Å². The van der Waals surface area contributed by atoms with Gasteiger partial charge >= 0.3 is 6.18 Å². The highest BCUT2D eigenvalue weighted by Crippen LogP contribution is 2.33. The van der Waals surface area contributed by atoms with Crippen molar-refractivity contribution in [2.24, 2.45) is 11.5 Å². The first-order valence-corrected chi connectivity index (χ1v) is 10.7. The predicted molar refractivity (Wildman–Crippen MR) is 118 cm³/mol. The Morgan fingerprint density at radius 2 is 1.70 bits per heavy atom. The third-order valence-electron chi connectivity index (χ3n) is 4.61. The monoisotopic (exact) mass is 479 g/mol. The molecule has 1 aromatic heterocycles. The maximum atomic E-state index is 13.1. The van der Waals surface area contributed by atoms with Crippen molar-refractivity contribution >= 4 is 46.2 Å². The number of carbonyl (C=O) groups excluding carboxylic acids is 3. The summed E-state index contributed by atoms with van der Waals surface area (Å²) in [7, 11) is 0. The number of aryl methyl sites for hydroxylation is 1. The summed E-state index contributed by atoms with van der Waals surface area (Å²) < 4.78 is 41.0. The molecule has 3 rings (SSSR count). The van der Waals surface area contributed by atoms with Crippen LogP contribution in [-0.4, -0.2) is 33.0 Å². The summed E-state index contributed by atoms with van der Waals surface area (Å²) in [6, 6.07) is 7.15. The number of nitrogens with two attached hydrogens (primary N) is 2. The molecule has 0 spiro atoms. The van der Waals surface area contributed by atoms with Crippen LogP contribution in [0.15, 0.2) is 41.6 Å². The van der Waals surface area contributed by atoms with Gasteiger partial charge in [0.15, 0.2) is 5.16 Å². The van der Waals surface area contributed by atoms with E-state index in [9.17, 15) is 27.6 Å². The number of anilines is 1. The number of aromatic nitrogens is 2. The predicted octanol–water partition coefficient (Wildman–Crippen LogP) is 3.39. The van der Waals surface area contributed by atoms with E-state index in [0.29, 0.717) is 29.2 Å². The van der Waals surface area contributed by atoms with Crippen molar-refractivity contribution in [1.82, 2.24) is 9.55 Å². The molecular formula is C21H20F3N5O3S. The van der Waals surface area contributed by atoms with E-state index in [2.05, 4.69) is 10.3 Å². The average molecular weight is 479 g/mol. The molecule has 3 aromatic rings. The smallest absolute Gasteiger partial charge is 0.366 e. The fraction of sp³-hybridized carbons (Fsp3) is 0.238. The molecule has 5 N–H and O–H groups in total. The zero-order chi connectivity index (χ0) is 24.3. The van der Waals surface area contributed by atoms with Crippen LogP contribution in [0.1, 0.15) is 39.6 Å². The topological polar surface area (TPSA) is 133 Å². The van der Waals surface area contributed by atoms with E-state index in [-0.39, 0.29) is 22.6 Å². The van der Waals surface area contributed by atoms with Gasteiger partial charge in [-0.3, -0.25) is 14.4 Å². The molecule has 0 aliphatic carbocycles. The van der Waals surface area contributed by atoms with Gasteiger partial charge in [-0.2, -0.15) is 13.2 Å². The maximum absolute atomic E-state index is 13.1. The highest BCUT2D eigenvalue weighted by molar-refractivity contribution is 7.99. The van der Waals surface area contributed by atoms with Crippen molar-refractivity contribution in [2.75, 3.05) is 11.1 Å². The number of amides is 3. The van der Waals surface area contributed by atoms with Crippen LogP contribution in [0, 0.1) is 0 Å². The van der Waals surface area contributed by atoms with Gasteiger partial charge in [-0.1, -0.05) is 18.7 Å². The van der Waals surface area contributed by atoms with Crippen molar-refractivity contribution in [3.63, 3.8) is 0 Å². The number of halogens is 3. The van der Waals surface area contributed by atoms with Crippen LogP contribution < -0.4 is 16.8 Å². The number of hydrogen-bond donors (Lipinski definition) is 3. The SMILES string of the molecule is CCCn1c(SCC(=O)Nc2cc(C(N)=O)cc(C(N)=O)c2)nc2ccc(C(F)(F)F)cc21. The molecule has 174 valence electrons. The molecule has 0 fully saturated rings. The largest absolute Gasteiger partial charge is 0.416 e. The summed E-state index contributed by atoms with van der Waals surface area (Å²) in [5, 5.41) is 2.95. The number of nitrogens with one attached hydrogen (secondary N) is 1. The number of rotatable bonds is 8. The molecule has 2 aromatic carbocycles. The minimum absolute atomic E-state index is 0.000500. The van der Waals surface area contributed by atoms with Gasteiger partial charge in [-0.05, 0) is 42.8 Å². The van der Waals surface area contributed by atoms with E-state index in [1.807, 2.05) is 6.92 Å². The molecule has 12 heteroatoms. The maximum Gasteiger partial charge on any atom is 0.416 e. The second-order valence-electron chi connectivity index (χ2n) is 7.11. The molecular weight excluding hydrogens is 459 g/mol. The van der Waals surface area contributed by atoms with Crippen molar-refractivity contribution in [3.05, 3.63) is 53.1 Å². The Labute approximate surface area is 190 Å². The summed E-state index contributed by atoms with van der Waals surface area (Å²) in [5.41, 5.74) is 10.6. The lowest BCUT2D eigenvalue weighted by Gasteiger charge is -2.10. The Morgan fingerprint density at radius 3 is 2.24 bits per heavy atom. The summed E-state index contributed by atoms with van der Waals surface area (Å²) in [6.07, 6.45) is -3.83. The van der Waals surface area contributed by atoms with Crippen molar-refractivity contribution in [1.29, 1.82) is 0 Å². The number of primary amides is 2. The van der Waals surface area contributed by atoms with Gasteiger partial charge in [0, 0.05) is 23.4 Å². The Morgan fingerprint density at radius 1 is 1.06 bits per heavy atom. The van der Waals surface area contributed by atoms with Gasteiger partial charge < -0.3 is 21.4 Å². The fourth-order valence-corrected chi connectivity index (χ4v) is 3.98. The number of thioether (sulfide) groups is 1. The Hall–Kier alpha value is -3.54. The van der Waals surface area contributed by atoms with Gasteiger partial charge in [0.2, 0.25) is 17.7 Å². The second-order valence-corrected chi connectivity index (χ2v) is 8.05. The Balaban J connectivity index is 1.81. The van der Waals surface area contributed by atoms with Crippen molar-refractivity contribution < 1.29 is 27.6 Å². The first-order chi connectivity index (χ1) is 15.5. The standard InChI is InChI=1S/C21H20F3N5O3S/c1-2-5-29-16-9-13(21(22,23)24)3-4-15(16)28-20(29)33-10-17(30)27-14-7-11(18(25)31)6-12(8-14)19(26)32/h3-4,6-9H,2,5,10H2,1H3,(H2,25,31)(H2,26,32)(H,27,30). The molecule has 0 atom stereocenters. The van der Waals surface area contributed by atoms with Crippen LogP contribution in [0.25, 0.3) is 11.0 Å². The summed E-state index contributed by atoms with van der Waals surface area (Å²) in [4.78, 5) is 39.8. The van der Waals surface area contributed by atoms with E-state index < -0.39 is 29.5 Å². The third-order valence-corrected chi connectivity index (χ3v) is 5.58. The molecule has 0 saturated carbocycles. The molecule has 1 heterocycles. The fourth-order valence-electron chi connectivity index (χ4n) is 3.14. The van der Waals surface area contributed by atoms with E-state index in [4.69, 9.17) is 11.5 Å². The normalized spacial score (nSPS) is 11.5. The number of benzene rings is 2. The Bertz CT molecular complexity index is 1210. The van der Waals surface area contributed by atoms with E-state index in [1.165, 1.54) is 24.3 Å². The number of hydrogen-bond acceptors (Lipinski definition) is 5. The highest BCUT2D eigenvalue weighted by atomic mass is 32.2. The van der Waals surface area contributed by atoms with Crippen LogP contribution >= 0.6 is 11.8 Å². The van der Waals surface area contributed by atoms with E-state index in [1.54, 1.807) is 4.57 Å². The minimum atomic E-state index is -4.48. The van der Waals surface area contributed by atoms with Gasteiger partial charge in [-0.25, -0.2) is 4.98 Å². The number of nitrogens with zero attached hydrogens (tertiary/aromatic N) is 2. The molecule has 0 aliphatic heterocycles. The highest BCUT2D eigenvalue weighted by Gasteiger charge is 2.31. The zero-order valence-electron chi connectivity index (χ0n) is 17.4. The summed E-state index contributed by atoms with van der Waals surface area (Å²) >= 11 is 1.05. The molecule has 3 amide bonds. The first-order valence-electron chi connectivity index (χ1n) is 9.74. The lowest BCUT2D eigenvalue weighted by molar-refractivity contribution is -0.137. The van der Waals surface area contributed by atoms with Crippen molar-refractivity contribution in [3.8, 4) is 0 Å². The van der Waals surface area contributed by atoms with Crippen molar-refractivity contribution in [2.45, 2.75) is 31.2 Å². The summed E-state index contributed by atoms with van der Waals surface area (Å²) in [5.74, 6) is -2.20. The number of imidazole rings is 1. The van der Waals surface area contributed by atoms with Gasteiger partial charge in [0.05, 0.1) is 22.3 Å². The molecule has 0 unspecified atom stereocenters. The molecule has 8 nitrogen and oxygen atoms in total. The van der Waals surface area contributed by atoms with Gasteiger partial charge in [-0.15, -0.1) is 0 Å². The lowest BCUT2D eigenvalue weighted by atomic mass is 10.1. The molecule has 0 radical (unpaired) electrons. The van der Waals surface area contributed by atoms with Crippen LogP contribution in [0.3, 0.4) is 0 Å². The lowest BCUT2D eigenvalue weighted by Crippen LogP contribution is -2.19. The molecule has 33 heavy (non-hydrogen) atoms. The summed E-state index contributed by atoms with van der Waals surface area (Å²) in [6.45, 7) is 2.30. The third kappa shape index (κ3) is 5.64. The van der Waals surface area contributed by atoms with E-state index in [0.717, 1.165) is 23.9 Å². The molecule has 0 saturated heterocycles. The number of alkyl halides is 3. The van der Waals surface area contributed by atoms with Crippen LogP contribution in [0.2, 0.25) is 0 Å². The van der Waals surface area contributed by atoms with Crippen LogP contribution in [-0.2, 0) is 17.5 Å².